The Kier molecular flexibility index (Phi) is 7.18. The molecule has 1 aromatic rings. The predicted molar refractivity (Wildman–Crippen MR) is 107 cm³/mol. The van der Waals surface area contributed by atoms with Crippen LogP contribution in [-0.4, -0.2) is 43.0 Å². The molecule has 2 N–H and O–H groups in total. The van der Waals surface area contributed by atoms with Gasteiger partial charge in [0.25, 0.3) is 15.8 Å². The molecule has 1 aliphatic rings. The minimum atomic E-state index is -4.97. The molecule has 0 radical (unpaired) electrons. The second-order valence-corrected chi connectivity index (χ2v) is 7.92. The molecule has 1 aromatic carbocycles. The van der Waals surface area contributed by atoms with Gasteiger partial charge in [0.1, 0.15) is 4.90 Å². The van der Waals surface area contributed by atoms with Crippen molar-refractivity contribution in [2.24, 2.45) is 0 Å². The van der Waals surface area contributed by atoms with Crippen molar-refractivity contribution < 1.29 is 37.0 Å². The number of rotatable bonds is 7. The molecule has 31 heavy (non-hydrogen) atoms. The molecule has 0 atom stereocenters. The summed E-state index contributed by atoms with van der Waals surface area (Å²) in [6.07, 6.45) is 0. The van der Waals surface area contributed by atoms with E-state index in [0.717, 1.165) is 12.1 Å². The van der Waals surface area contributed by atoms with Crippen molar-refractivity contribution in [3.63, 3.8) is 0 Å². The molecule has 0 spiro atoms. The molecule has 0 saturated heterocycles. The van der Waals surface area contributed by atoms with Crippen molar-refractivity contribution in [2.75, 3.05) is 13.2 Å². The van der Waals surface area contributed by atoms with Crippen molar-refractivity contribution in [3.05, 3.63) is 56.4 Å². The van der Waals surface area contributed by atoms with Gasteiger partial charge in [0.15, 0.2) is 0 Å². The number of nitrogens with zero attached hydrogens (tertiary/aromatic N) is 1. The van der Waals surface area contributed by atoms with Gasteiger partial charge in [-0.3, -0.25) is 14.7 Å². The van der Waals surface area contributed by atoms with E-state index in [1.54, 1.807) is 13.8 Å². The molecule has 0 aliphatic carbocycles. The van der Waals surface area contributed by atoms with Crippen LogP contribution in [0.5, 0.6) is 0 Å². The van der Waals surface area contributed by atoms with Gasteiger partial charge < -0.3 is 14.8 Å². The molecule has 0 unspecified atom stereocenters. The highest BCUT2D eigenvalue weighted by Crippen LogP contribution is 2.42. The van der Waals surface area contributed by atoms with Crippen LogP contribution in [0.3, 0.4) is 0 Å². The van der Waals surface area contributed by atoms with Crippen molar-refractivity contribution in [3.8, 4) is 0 Å². The number of carbonyl (C=O) groups is 2. The van der Waals surface area contributed by atoms with Gasteiger partial charge in [0, 0.05) is 23.5 Å². The molecule has 11 nitrogen and oxygen atoms in total. The van der Waals surface area contributed by atoms with Crippen LogP contribution < -0.4 is 5.32 Å². The number of nitro groups is 1. The Morgan fingerprint density at radius 2 is 1.58 bits per heavy atom. The van der Waals surface area contributed by atoms with Gasteiger partial charge >= 0.3 is 11.9 Å². The summed E-state index contributed by atoms with van der Waals surface area (Å²) in [5, 5.41) is 14.0. The number of esters is 2. The van der Waals surface area contributed by atoms with E-state index in [-0.39, 0.29) is 41.3 Å². The van der Waals surface area contributed by atoms with Crippen molar-refractivity contribution in [1.29, 1.82) is 0 Å². The van der Waals surface area contributed by atoms with Gasteiger partial charge in [0.2, 0.25) is 0 Å². The van der Waals surface area contributed by atoms with Crippen LogP contribution in [0.4, 0.5) is 5.69 Å². The molecule has 12 heteroatoms. The maximum absolute atomic E-state index is 12.7. The molecule has 1 heterocycles. The van der Waals surface area contributed by atoms with Gasteiger partial charge in [-0.05, 0) is 39.3 Å². The Hall–Kier alpha value is -3.25. The summed E-state index contributed by atoms with van der Waals surface area (Å²) in [6.45, 7) is 6.21. The summed E-state index contributed by atoms with van der Waals surface area (Å²) in [4.78, 5) is 35.0. The number of hydrogen-bond donors (Lipinski definition) is 2. The number of non-ortho nitro benzene ring substituents is 1. The second-order valence-electron chi connectivity index (χ2n) is 6.53. The average Bonchev–Trinajstić information content (AvgIpc) is 2.66. The number of nitrogens with one attached hydrogen (secondary N) is 1. The monoisotopic (exact) mass is 454 g/mol. The highest BCUT2D eigenvalue weighted by Gasteiger charge is 2.40. The van der Waals surface area contributed by atoms with Crippen LogP contribution in [-0.2, 0) is 29.2 Å². The third kappa shape index (κ3) is 4.91. The van der Waals surface area contributed by atoms with E-state index in [9.17, 15) is 32.7 Å². The van der Waals surface area contributed by atoms with Crippen LogP contribution in [0.2, 0.25) is 0 Å². The molecule has 0 amide bonds. The maximum atomic E-state index is 12.7. The number of dihydropyridines is 1. The van der Waals surface area contributed by atoms with Crippen LogP contribution >= 0.6 is 0 Å². The Morgan fingerprint density at radius 3 is 1.97 bits per heavy atom. The third-order valence-corrected chi connectivity index (χ3v) is 5.46. The van der Waals surface area contributed by atoms with E-state index in [0.29, 0.717) is 6.07 Å². The average molecular weight is 454 g/mol. The van der Waals surface area contributed by atoms with E-state index in [1.807, 2.05) is 0 Å². The van der Waals surface area contributed by atoms with E-state index in [2.05, 4.69) is 5.32 Å². The number of carbonyl (C=O) groups excluding carboxylic acids is 2. The molecule has 2 rings (SSSR count). The Morgan fingerprint density at radius 1 is 1.10 bits per heavy atom. The number of ether oxygens (including phenoxy) is 2. The zero-order valence-corrected chi connectivity index (χ0v) is 18.1. The Balaban J connectivity index is 2.91. The molecule has 0 saturated carbocycles. The molecular formula is C19H22N2O9S. The van der Waals surface area contributed by atoms with E-state index in [1.165, 1.54) is 13.8 Å². The lowest BCUT2D eigenvalue weighted by molar-refractivity contribution is -0.385. The van der Waals surface area contributed by atoms with E-state index >= 15 is 0 Å². The van der Waals surface area contributed by atoms with Crippen LogP contribution in [0.15, 0.2) is 45.6 Å². The summed E-state index contributed by atoms with van der Waals surface area (Å²) < 4.78 is 44.1. The predicted octanol–water partition coefficient (Wildman–Crippen LogP) is 2.20. The summed E-state index contributed by atoms with van der Waals surface area (Å²) in [5.41, 5.74) is -0.410. The van der Waals surface area contributed by atoms with Gasteiger partial charge in [-0.1, -0.05) is 0 Å². The smallest absolute Gasteiger partial charge is 0.336 e. The molecule has 0 aromatic heterocycles. The van der Waals surface area contributed by atoms with Crippen LogP contribution in [0.1, 0.15) is 39.2 Å². The fraction of sp³-hybridized carbons (Fsp3) is 0.368. The first-order chi connectivity index (χ1) is 14.4. The first-order valence-corrected chi connectivity index (χ1v) is 10.7. The number of allylic oxidation sites excluding steroid dienone is 2. The normalized spacial score (nSPS) is 14.9. The SMILES string of the molecule is CCOC(=O)C1=C(C)NC(C)=C(C(=O)OCC)C1c1ccc([N+](=O)[O-])cc1S(=O)(=O)O. The van der Waals surface area contributed by atoms with Crippen molar-refractivity contribution in [2.45, 2.75) is 38.5 Å². The van der Waals surface area contributed by atoms with Gasteiger partial charge in [-0.2, -0.15) is 8.42 Å². The molecule has 168 valence electrons. The maximum Gasteiger partial charge on any atom is 0.336 e. The fourth-order valence-corrected chi connectivity index (χ4v) is 4.12. The molecular weight excluding hydrogens is 432 g/mol. The van der Waals surface area contributed by atoms with Gasteiger partial charge in [-0.25, -0.2) is 9.59 Å². The lowest BCUT2D eigenvalue weighted by Crippen LogP contribution is -2.33. The van der Waals surface area contributed by atoms with Gasteiger partial charge in [-0.15, -0.1) is 0 Å². The largest absolute Gasteiger partial charge is 0.463 e. The standard InChI is InChI=1S/C19H22N2O9S/c1-5-29-18(22)15-10(3)20-11(4)16(19(23)30-6-2)17(15)13-8-7-12(21(24)25)9-14(13)31(26,27)28/h7-9,17,20H,5-6H2,1-4H3,(H,26,27,28). The fourth-order valence-electron chi connectivity index (χ4n) is 3.36. The van der Waals surface area contributed by atoms with Crippen LogP contribution in [0, 0.1) is 10.1 Å². The van der Waals surface area contributed by atoms with Gasteiger partial charge in [0.05, 0.1) is 35.2 Å². The van der Waals surface area contributed by atoms with E-state index < -0.39 is 43.5 Å². The highest BCUT2D eigenvalue weighted by molar-refractivity contribution is 7.85. The van der Waals surface area contributed by atoms with Crippen molar-refractivity contribution in [1.82, 2.24) is 5.32 Å². The van der Waals surface area contributed by atoms with Crippen LogP contribution in [0.25, 0.3) is 0 Å². The first-order valence-electron chi connectivity index (χ1n) is 9.22. The summed E-state index contributed by atoms with van der Waals surface area (Å²) in [6, 6.07) is 2.77. The molecule has 0 bridgehead atoms. The topological polar surface area (TPSA) is 162 Å². The molecule has 1 aliphatic heterocycles. The minimum Gasteiger partial charge on any atom is -0.463 e. The summed E-state index contributed by atoms with van der Waals surface area (Å²) in [5.74, 6) is -2.98. The lowest BCUT2D eigenvalue weighted by atomic mass is 9.80. The first kappa shape index (κ1) is 24.0. The van der Waals surface area contributed by atoms with E-state index in [4.69, 9.17) is 9.47 Å². The minimum absolute atomic E-state index is 0.00515. The molecule has 0 fully saturated rings. The summed E-state index contributed by atoms with van der Waals surface area (Å²) in [7, 11) is -4.97. The summed E-state index contributed by atoms with van der Waals surface area (Å²) >= 11 is 0. The number of benzene rings is 1. The third-order valence-electron chi connectivity index (χ3n) is 4.55. The zero-order chi connectivity index (χ0) is 23.5. The lowest BCUT2D eigenvalue weighted by Gasteiger charge is -2.31. The highest BCUT2D eigenvalue weighted by atomic mass is 32.2. The quantitative estimate of drug-likeness (QED) is 0.270. The zero-order valence-electron chi connectivity index (χ0n) is 17.3. The Bertz CT molecular complexity index is 1060. The second kappa shape index (κ2) is 9.27. The Labute approximate surface area is 178 Å². The number of hydrogen-bond acceptors (Lipinski definition) is 9. The van der Waals surface area contributed by atoms with Crippen molar-refractivity contribution >= 4 is 27.7 Å². The number of nitro benzene ring substituents is 1.